The molecule has 34 valence electrons. The lowest BCUT2D eigenvalue weighted by Crippen LogP contribution is -2.07. The van der Waals surface area contributed by atoms with Gasteiger partial charge in [0.2, 0.25) is 0 Å². The number of rotatable bonds is 2. The van der Waals surface area contributed by atoms with Crippen LogP contribution < -0.4 is 5.32 Å². The molecule has 0 saturated heterocycles. The summed E-state index contributed by atoms with van der Waals surface area (Å²) in [6.45, 7) is 0.666. The van der Waals surface area contributed by atoms with Gasteiger partial charge in [0.1, 0.15) is 0 Å². The van der Waals surface area contributed by atoms with Gasteiger partial charge in [-0.2, -0.15) is 17.9 Å². The van der Waals surface area contributed by atoms with Crippen molar-refractivity contribution in [3.05, 3.63) is 0 Å². The third kappa shape index (κ3) is 3.64. The number of hydrogen-bond acceptors (Lipinski definition) is 3. The second-order valence-electron chi connectivity index (χ2n) is 0.762. The molecule has 0 rings (SSSR count). The average molecular weight is 102 g/mol. The van der Waals surface area contributed by atoms with Gasteiger partial charge in [-0.05, 0) is 0 Å². The van der Waals surface area contributed by atoms with E-state index < -0.39 is 0 Å². The molecule has 0 aromatic carbocycles. The van der Waals surface area contributed by atoms with Crippen LogP contribution in [-0.4, -0.2) is 12.3 Å². The first-order valence-corrected chi connectivity index (χ1v) is 2.28. The Labute approximate surface area is 42.6 Å². The van der Waals surface area contributed by atoms with E-state index in [1.54, 1.807) is 6.19 Å². The van der Waals surface area contributed by atoms with Gasteiger partial charge in [-0.15, -0.1) is 0 Å². The maximum atomic E-state index is 7.80. The van der Waals surface area contributed by atoms with E-state index in [0.29, 0.717) is 12.3 Å². The number of nitriles is 1. The lowest BCUT2D eigenvalue weighted by Gasteiger charge is -1.83. The summed E-state index contributed by atoms with van der Waals surface area (Å²) in [5.74, 6) is 0.716. The maximum Gasteiger partial charge on any atom is 0.176 e. The van der Waals surface area contributed by atoms with Crippen LogP contribution in [-0.2, 0) is 0 Å². The Morgan fingerprint density at radius 3 is 2.67 bits per heavy atom. The van der Waals surface area contributed by atoms with Crippen LogP contribution in [0.15, 0.2) is 0 Å². The zero-order chi connectivity index (χ0) is 4.83. The Balaban J connectivity index is 2.54. The van der Waals surface area contributed by atoms with Crippen LogP contribution >= 0.6 is 12.6 Å². The Morgan fingerprint density at radius 1 is 1.83 bits per heavy atom. The Hall–Kier alpha value is -0.360. The first-order valence-electron chi connectivity index (χ1n) is 1.64. The van der Waals surface area contributed by atoms with E-state index in [1.807, 2.05) is 0 Å². The van der Waals surface area contributed by atoms with Crippen LogP contribution in [0.4, 0.5) is 0 Å². The van der Waals surface area contributed by atoms with Crippen molar-refractivity contribution in [2.24, 2.45) is 0 Å². The van der Waals surface area contributed by atoms with Gasteiger partial charge in [-0.3, -0.25) is 0 Å². The van der Waals surface area contributed by atoms with Crippen LogP contribution in [0.3, 0.4) is 0 Å². The van der Waals surface area contributed by atoms with Gasteiger partial charge >= 0.3 is 0 Å². The molecule has 0 aromatic rings. The second kappa shape index (κ2) is 4.64. The van der Waals surface area contributed by atoms with E-state index >= 15 is 0 Å². The van der Waals surface area contributed by atoms with E-state index in [9.17, 15) is 0 Å². The molecule has 0 unspecified atom stereocenters. The zero-order valence-corrected chi connectivity index (χ0v) is 4.20. The summed E-state index contributed by atoms with van der Waals surface area (Å²) >= 11 is 3.84. The predicted octanol–water partition coefficient (Wildman–Crippen LogP) is -0.0131. The van der Waals surface area contributed by atoms with E-state index in [-0.39, 0.29) is 0 Å². The molecule has 0 aliphatic carbocycles. The number of hydrogen-bond donors (Lipinski definition) is 2. The number of thiol groups is 1. The second-order valence-corrected chi connectivity index (χ2v) is 1.21. The summed E-state index contributed by atoms with van der Waals surface area (Å²) in [5, 5.41) is 10.2. The minimum absolute atomic E-state index is 0.666. The number of nitrogens with zero attached hydrogens (tertiary/aromatic N) is 1. The van der Waals surface area contributed by atoms with Crippen LogP contribution in [0.25, 0.3) is 0 Å². The van der Waals surface area contributed by atoms with Crippen molar-refractivity contribution in [1.82, 2.24) is 5.32 Å². The van der Waals surface area contributed by atoms with Gasteiger partial charge in [0, 0.05) is 12.3 Å². The minimum atomic E-state index is 0.666. The van der Waals surface area contributed by atoms with Crippen LogP contribution in [0.2, 0.25) is 0 Å². The molecule has 0 bridgehead atoms. The quantitative estimate of drug-likeness (QED) is 0.222. The van der Waals surface area contributed by atoms with Crippen LogP contribution in [0, 0.1) is 11.5 Å². The normalized spacial score (nSPS) is 6.67. The Bertz CT molecular complexity index is 56.3. The molecule has 0 amide bonds. The fraction of sp³-hybridized carbons (Fsp3) is 0.667. The summed E-state index contributed by atoms with van der Waals surface area (Å²) in [5.41, 5.74) is 0. The molecular formula is C3H6N2S. The Kier molecular flexibility index (Phi) is 4.36. The molecular weight excluding hydrogens is 96.1 g/mol. The molecule has 0 aromatic heterocycles. The molecule has 0 heterocycles. The van der Waals surface area contributed by atoms with E-state index in [2.05, 4.69) is 17.9 Å². The molecule has 1 N–H and O–H groups in total. The lowest BCUT2D eigenvalue weighted by atomic mass is 10.8. The fourth-order valence-electron chi connectivity index (χ4n) is 0.112. The maximum absolute atomic E-state index is 7.80. The highest BCUT2D eigenvalue weighted by Crippen LogP contribution is 1.63. The van der Waals surface area contributed by atoms with Gasteiger partial charge in [-0.25, -0.2) is 0 Å². The zero-order valence-electron chi connectivity index (χ0n) is 3.31. The SMILES string of the molecule is N#CNCCS. The van der Waals surface area contributed by atoms with Crippen LogP contribution in [0.5, 0.6) is 0 Å². The molecule has 0 spiro atoms. The topological polar surface area (TPSA) is 35.8 Å². The molecule has 3 heteroatoms. The smallest absolute Gasteiger partial charge is 0.176 e. The molecule has 6 heavy (non-hydrogen) atoms. The summed E-state index contributed by atoms with van der Waals surface area (Å²) in [6, 6.07) is 0. The van der Waals surface area contributed by atoms with Crippen molar-refractivity contribution in [2.75, 3.05) is 12.3 Å². The first-order chi connectivity index (χ1) is 2.91. The first kappa shape index (κ1) is 5.64. The standard InChI is InChI=1S/C3H6N2S/c4-3-5-1-2-6/h5-6H,1-2H2. The molecule has 0 saturated carbocycles. The van der Waals surface area contributed by atoms with Gasteiger partial charge in [0.05, 0.1) is 0 Å². The summed E-state index contributed by atoms with van der Waals surface area (Å²) < 4.78 is 0. The van der Waals surface area contributed by atoms with Gasteiger partial charge in [0.15, 0.2) is 6.19 Å². The van der Waals surface area contributed by atoms with Crippen molar-refractivity contribution in [2.45, 2.75) is 0 Å². The third-order valence-corrected chi connectivity index (χ3v) is 0.539. The molecule has 0 radical (unpaired) electrons. The molecule has 2 nitrogen and oxygen atoms in total. The van der Waals surface area contributed by atoms with Crippen molar-refractivity contribution < 1.29 is 0 Å². The molecule has 0 fully saturated rings. The highest BCUT2D eigenvalue weighted by atomic mass is 32.1. The van der Waals surface area contributed by atoms with Gasteiger partial charge in [-0.1, -0.05) is 0 Å². The average Bonchev–Trinajstić information content (AvgIpc) is 1.61. The van der Waals surface area contributed by atoms with Crippen molar-refractivity contribution in [1.29, 1.82) is 5.26 Å². The van der Waals surface area contributed by atoms with Crippen molar-refractivity contribution in [3.8, 4) is 6.19 Å². The predicted molar refractivity (Wildman–Crippen MR) is 27.5 cm³/mol. The summed E-state index contributed by atoms with van der Waals surface area (Å²) in [7, 11) is 0. The largest absolute Gasteiger partial charge is 0.323 e. The summed E-state index contributed by atoms with van der Waals surface area (Å²) in [6.07, 6.45) is 1.77. The van der Waals surface area contributed by atoms with Gasteiger partial charge < -0.3 is 5.32 Å². The molecule has 0 aliphatic heterocycles. The summed E-state index contributed by atoms with van der Waals surface area (Å²) in [4.78, 5) is 0. The minimum Gasteiger partial charge on any atom is -0.323 e. The number of nitrogens with one attached hydrogen (secondary N) is 1. The monoisotopic (exact) mass is 102 g/mol. The third-order valence-electron chi connectivity index (χ3n) is 0.316. The van der Waals surface area contributed by atoms with E-state index in [4.69, 9.17) is 5.26 Å². The van der Waals surface area contributed by atoms with Crippen LogP contribution in [0.1, 0.15) is 0 Å². The van der Waals surface area contributed by atoms with E-state index in [1.165, 1.54) is 0 Å². The van der Waals surface area contributed by atoms with Gasteiger partial charge in [0.25, 0.3) is 0 Å². The fourth-order valence-corrected chi connectivity index (χ4v) is 0.224. The van der Waals surface area contributed by atoms with Crippen molar-refractivity contribution in [3.63, 3.8) is 0 Å². The lowest BCUT2D eigenvalue weighted by molar-refractivity contribution is 0.946. The van der Waals surface area contributed by atoms with E-state index in [0.717, 1.165) is 0 Å². The molecule has 0 atom stereocenters. The highest BCUT2D eigenvalue weighted by Gasteiger charge is 1.69. The Morgan fingerprint density at radius 2 is 2.50 bits per heavy atom. The highest BCUT2D eigenvalue weighted by molar-refractivity contribution is 7.80. The molecule has 0 aliphatic rings. The van der Waals surface area contributed by atoms with Crippen molar-refractivity contribution >= 4 is 12.6 Å².